The number of pyridine rings is 1. The predicted octanol–water partition coefficient (Wildman–Crippen LogP) is -2.10. The number of nitrogens with zero attached hydrogens (tertiary/aromatic N) is 1. The van der Waals surface area contributed by atoms with Gasteiger partial charge in [-0.3, -0.25) is 0 Å². The second kappa shape index (κ2) is 4.29. The van der Waals surface area contributed by atoms with Gasteiger partial charge in [0.15, 0.2) is 0 Å². The van der Waals surface area contributed by atoms with Crippen LogP contribution in [0.25, 0.3) is 0 Å². The topological polar surface area (TPSA) is 12.9 Å². The summed E-state index contributed by atoms with van der Waals surface area (Å²) in [7, 11) is 0. The van der Waals surface area contributed by atoms with Crippen LogP contribution in [-0.4, -0.2) is 26.7 Å². The molecule has 0 N–H and O–H groups in total. The Labute approximate surface area is 86.2 Å². The van der Waals surface area contributed by atoms with Crippen molar-refractivity contribution in [1.29, 1.82) is 0 Å². The first-order valence-electron chi connectivity index (χ1n) is 2.85. The summed E-state index contributed by atoms with van der Waals surface area (Å²) >= 11 is 1.45. The van der Waals surface area contributed by atoms with Crippen LogP contribution in [0.2, 0.25) is 0 Å². The molecule has 0 atom stereocenters. The molecule has 0 radical (unpaired) electrons. The van der Waals surface area contributed by atoms with Gasteiger partial charge in [0.2, 0.25) is 0 Å². The van der Waals surface area contributed by atoms with Crippen LogP contribution in [-0.2, 0) is 6.18 Å². The maximum atomic E-state index is 11.9. The number of halogens is 4. The second-order valence-corrected chi connectivity index (χ2v) is 2.76. The fraction of sp³-hybridized carbons (Fsp3) is 0.167. The Morgan fingerprint density at radius 3 is 2.17 bits per heavy atom. The molecule has 0 aliphatic rings. The van der Waals surface area contributed by atoms with Crippen molar-refractivity contribution in [2.45, 2.75) is 6.18 Å². The minimum atomic E-state index is -4.27. The Hall–Kier alpha value is -0.00377. The van der Waals surface area contributed by atoms with E-state index in [0.717, 1.165) is 12.3 Å². The van der Waals surface area contributed by atoms with Gasteiger partial charge in [-0.15, -0.1) is 0 Å². The zero-order valence-corrected chi connectivity index (χ0v) is 8.07. The molecule has 1 rings (SSSR count). The van der Waals surface area contributed by atoms with Gasteiger partial charge in [-0.05, 0) is 0 Å². The van der Waals surface area contributed by atoms with E-state index in [1.807, 2.05) is 0 Å². The molecule has 1 heterocycles. The van der Waals surface area contributed by atoms with Crippen LogP contribution in [0.1, 0.15) is 5.56 Å². The van der Waals surface area contributed by atoms with Crippen LogP contribution in [0, 0.1) is 0 Å². The van der Waals surface area contributed by atoms with E-state index in [-0.39, 0.29) is 12.4 Å². The number of aromatic nitrogens is 1. The SMILES string of the molecule is FC(F)(F)c1cc[c]([Mg+])nc1.[Cl-]. The van der Waals surface area contributed by atoms with Gasteiger partial charge in [0, 0.05) is 0 Å². The molecule has 0 aromatic carbocycles. The van der Waals surface area contributed by atoms with Crippen LogP contribution in [0.5, 0.6) is 0 Å². The van der Waals surface area contributed by atoms with E-state index in [1.165, 1.54) is 27.8 Å². The van der Waals surface area contributed by atoms with Crippen LogP contribution in [0.3, 0.4) is 0 Å². The monoisotopic (exact) mass is 205 g/mol. The maximum Gasteiger partial charge on any atom is -1.00 e. The van der Waals surface area contributed by atoms with Crippen LogP contribution < -0.4 is 16.2 Å². The molecule has 12 heavy (non-hydrogen) atoms. The molecule has 0 amide bonds. The van der Waals surface area contributed by atoms with Crippen molar-refractivity contribution in [2.24, 2.45) is 0 Å². The Balaban J connectivity index is 0.00000121. The van der Waals surface area contributed by atoms with Crippen LogP contribution in [0.15, 0.2) is 18.3 Å². The van der Waals surface area contributed by atoms with Gasteiger partial charge in [0.05, 0.1) is 0 Å². The van der Waals surface area contributed by atoms with Gasteiger partial charge in [0.25, 0.3) is 0 Å². The van der Waals surface area contributed by atoms with Crippen molar-refractivity contribution >= 4 is 25.5 Å². The summed E-state index contributed by atoms with van der Waals surface area (Å²) in [6, 6.07) is 2.37. The Bertz CT molecular complexity index is 246. The maximum absolute atomic E-state index is 11.9. The molecule has 0 bridgehead atoms. The molecule has 0 saturated heterocycles. The predicted molar refractivity (Wildman–Crippen MR) is 34.6 cm³/mol. The van der Waals surface area contributed by atoms with Gasteiger partial charge >= 0.3 is 73.8 Å². The van der Waals surface area contributed by atoms with Gasteiger partial charge < -0.3 is 12.4 Å². The van der Waals surface area contributed by atoms with Crippen molar-refractivity contribution in [1.82, 2.24) is 4.98 Å². The Morgan fingerprint density at radius 1 is 1.25 bits per heavy atom. The summed E-state index contributed by atoms with van der Waals surface area (Å²) in [5.41, 5.74) is -0.701. The largest absolute Gasteiger partial charge is 1.00 e. The third-order valence-corrected chi connectivity index (χ3v) is 1.57. The number of hydrogen-bond donors (Lipinski definition) is 0. The molecule has 0 aliphatic heterocycles. The van der Waals surface area contributed by atoms with Crippen LogP contribution in [0.4, 0.5) is 13.2 Å². The molecule has 0 fully saturated rings. The molecule has 0 saturated carbocycles. The third-order valence-electron chi connectivity index (χ3n) is 1.15. The molecule has 0 spiro atoms. The summed E-state index contributed by atoms with van der Waals surface area (Å²) in [6.45, 7) is 0. The van der Waals surface area contributed by atoms with Crippen molar-refractivity contribution in [3.05, 3.63) is 23.9 Å². The number of hydrogen-bond acceptors (Lipinski definition) is 1. The van der Waals surface area contributed by atoms with Crippen molar-refractivity contribution < 1.29 is 25.6 Å². The normalized spacial score (nSPS) is 10.8. The van der Waals surface area contributed by atoms with E-state index in [9.17, 15) is 13.2 Å². The van der Waals surface area contributed by atoms with Gasteiger partial charge in [-0.1, -0.05) is 0 Å². The first kappa shape index (κ1) is 12.0. The van der Waals surface area contributed by atoms with E-state index in [0.29, 0.717) is 3.82 Å². The van der Waals surface area contributed by atoms with Gasteiger partial charge in [-0.2, -0.15) is 0 Å². The van der Waals surface area contributed by atoms with Crippen LogP contribution >= 0.6 is 0 Å². The van der Waals surface area contributed by atoms with Gasteiger partial charge in [-0.25, -0.2) is 0 Å². The summed E-state index contributed by atoms with van der Waals surface area (Å²) < 4.78 is 36.3. The van der Waals surface area contributed by atoms with Crippen molar-refractivity contribution in [3.63, 3.8) is 0 Å². The molecule has 6 heteroatoms. The number of alkyl halides is 3. The minimum Gasteiger partial charge on any atom is -1.00 e. The summed E-state index contributed by atoms with van der Waals surface area (Å²) in [4.78, 5) is 3.54. The standard InChI is InChI=1S/C6H3F3N.ClH.Mg/c7-6(8,9)5-2-1-3-10-4-5;;/h1-2,4H;1H;/q;;+1/p-1. The van der Waals surface area contributed by atoms with Gasteiger partial charge in [0.1, 0.15) is 0 Å². The minimum absolute atomic E-state index is 0. The van der Waals surface area contributed by atoms with Crippen molar-refractivity contribution in [3.8, 4) is 0 Å². The molecule has 0 unspecified atom stereocenters. The quantitative estimate of drug-likeness (QED) is 0.443. The summed E-state index contributed by atoms with van der Waals surface area (Å²) in [5, 5.41) is 0. The second-order valence-electron chi connectivity index (χ2n) is 2.04. The zero-order chi connectivity index (χ0) is 8.48. The fourth-order valence-corrected chi connectivity index (χ4v) is 0.801. The Kier molecular flexibility index (Phi) is 4.29. The molecular weight excluding hydrogens is 203 g/mol. The molecule has 1 nitrogen and oxygen atoms in total. The van der Waals surface area contributed by atoms with E-state index in [4.69, 9.17) is 0 Å². The molecule has 1 aromatic rings. The average molecular weight is 206 g/mol. The smallest absolute Gasteiger partial charge is 1.00 e. The zero-order valence-electron chi connectivity index (χ0n) is 5.90. The van der Waals surface area contributed by atoms with E-state index in [2.05, 4.69) is 4.98 Å². The number of rotatable bonds is 0. The first-order chi connectivity index (χ1) is 5.00. The molecule has 1 aromatic heterocycles. The average Bonchev–Trinajstić information content (AvgIpc) is 1.86. The molecular formula is C6H3ClF3MgN. The molecule has 0 aliphatic carbocycles. The summed E-state index contributed by atoms with van der Waals surface area (Å²) in [6.07, 6.45) is -3.44. The van der Waals surface area contributed by atoms with E-state index >= 15 is 0 Å². The molecule has 62 valence electrons. The van der Waals surface area contributed by atoms with E-state index < -0.39 is 11.7 Å². The fourth-order valence-electron chi connectivity index (χ4n) is 0.592. The Morgan fingerprint density at radius 2 is 1.83 bits per heavy atom. The van der Waals surface area contributed by atoms with Crippen molar-refractivity contribution in [2.75, 3.05) is 0 Å². The van der Waals surface area contributed by atoms with E-state index in [1.54, 1.807) is 0 Å². The third kappa shape index (κ3) is 3.16. The first-order valence-corrected chi connectivity index (χ1v) is 3.56. The summed E-state index contributed by atoms with van der Waals surface area (Å²) in [5.74, 6) is 0.